The van der Waals surface area contributed by atoms with Gasteiger partial charge in [0.2, 0.25) is 0 Å². The van der Waals surface area contributed by atoms with E-state index in [2.05, 4.69) is 14.6 Å². The summed E-state index contributed by atoms with van der Waals surface area (Å²) in [5.41, 5.74) is 5.72. The molecule has 0 aliphatic carbocycles. The number of ether oxygens (including phenoxy) is 2. The summed E-state index contributed by atoms with van der Waals surface area (Å²) in [7, 11) is 1.34. The largest absolute Gasteiger partial charge is 0.468 e. The number of aromatic nitrogens is 1. The number of anilines is 1. The fourth-order valence-electron chi connectivity index (χ4n) is 1.74. The van der Waals surface area contributed by atoms with Crippen molar-refractivity contribution < 1.29 is 14.3 Å². The van der Waals surface area contributed by atoms with Gasteiger partial charge in [-0.25, -0.2) is 4.98 Å². The maximum atomic E-state index is 11.2. The molecule has 0 amide bonds. The molecule has 0 saturated carbocycles. The van der Waals surface area contributed by atoms with E-state index in [0.717, 1.165) is 36.3 Å². The van der Waals surface area contributed by atoms with Gasteiger partial charge in [-0.05, 0) is 0 Å². The first kappa shape index (κ1) is 13.3. The van der Waals surface area contributed by atoms with E-state index in [9.17, 15) is 4.79 Å². The van der Waals surface area contributed by atoms with E-state index in [0.29, 0.717) is 6.42 Å². The zero-order chi connectivity index (χ0) is 13.0. The van der Waals surface area contributed by atoms with Crippen molar-refractivity contribution in [3.63, 3.8) is 0 Å². The SMILES string of the molecule is COC(=O)C(N)Cc1cnc(N2CCOCC2)s1. The predicted molar refractivity (Wildman–Crippen MR) is 68.8 cm³/mol. The normalized spacial score (nSPS) is 17.6. The quantitative estimate of drug-likeness (QED) is 0.778. The highest BCUT2D eigenvalue weighted by Gasteiger charge is 2.18. The molecule has 1 aromatic heterocycles. The van der Waals surface area contributed by atoms with Gasteiger partial charge >= 0.3 is 5.97 Å². The van der Waals surface area contributed by atoms with Crippen LogP contribution < -0.4 is 10.6 Å². The Hall–Kier alpha value is -1.18. The van der Waals surface area contributed by atoms with Crippen LogP contribution in [-0.4, -0.2) is 50.4 Å². The number of rotatable bonds is 4. The molecule has 18 heavy (non-hydrogen) atoms. The number of hydrogen-bond donors (Lipinski definition) is 1. The van der Waals surface area contributed by atoms with Crippen molar-refractivity contribution in [2.24, 2.45) is 5.73 Å². The van der Waals surface area contributed by atoms with E-state index in [1.165, 1.54) is 7.11 Å². The van der Waals surface area contributed by atoms with Crippen molar-refractivity contribution in [3.8, 4) is 0 Å². The maximum absolute atomic E-state index is 11.2. The highest BCUT2D eigenvalue weighted by molar-refractivity contribution is 7.15. The summed E-state index contributed by atoms with van der Waals surface area (Å²) in [5, 5.41) is 0.963. The maximum Gasteiger partial charge on any atom is 0.323 e. The molecular formula is C11H17N3O3S. The van der Waals surface area contributed by atoms with Gasteiger partial charge in [0, 0.05) is 30.6 Å². The molecule has 1 aliphatic rings. The van der Waals surface area contributed by atoms with E-state index in [1.807, 2.05) is 0 Å². The Labute approximate surface area is 110 Å². The van der Waals surface area contributed by atoms with E-state index < -0.39 is 12.0 Å². The fraction of sp³-hybridized carbons (Fsp3) is 0.636. The van der Waals surface area contributed by atoms with Crippen molar-refractivity contribution in [2.75, 3.05) is 38.3 Å². The minimum Gasteiger partial charge on any atom is -0.468 e. The van der Waals surface area contributed by atoms with Gasteiger partial charge in [-0.3, -0.25) is 4.79 Å². The first-order chi connectivity index (χ1) is 8.70. The van der Waals surface area contributed by atoms with E-state index in [4.69, 9.17) is 10.5 Å². The zero-order valence-electron chi connectivity index (χ0n) is 10.3. The number of thiazole rings is 1. The van der Waals surface area contributed by atoms with Gasteiger partial charge in [-0.1, -0.05) is 0 Å². The van der Waals surface area contributed by atoms with E-state index in [1.54, 1.807) is 17.5 Å². The lowest BCUT2D eigenvalue weighted by atomic mass is 10.2. The molecule has 1 unspecified atom stereocenters. The lowest BCUT2D eigenvalue weighted by Crippen LogP contribution is -2.36. The van der Waals surface area contributed by atoms with Crippen LogP contribution in [0.4, 0.5) is 5.13 Å². The van der Waals surface area contributed by atoms with Gasteiger partial charge in [0.15, 0.2) is 5.13 Å². The average Bonchev–Trinajstić information content (AvgIpc) is 2.87. The number of morpholine rings is 1. The molecule has 0 radical (unpaired) electrons. The molecule has 1 fully saturated rings. The molecular weight excluding hydrogens is 254 g/mol. The molecule has 0 spiro atoms. The highest BCUT2D eigenvalue weighted by Crippen LogP contribution is 2.24. The predicted octanol–water partition coefficient (Wildman–Crippen LogP) is 0.0225. The Bertz CT molecular complexity index is 404. The number of nitrogens with zero attached hydrogens (tertiary/aromatic N) is 2. The Morgan fingerprint density at radius 2 is 2.39 bits per heavy atom. The summed E-state index contributed by atoms with van der Waals surface area (Å²) in [6, 6.07) is -0.618. The molecule has 1 atom stereocenters. The Kier molecular flexibility index (Phi) is 4.51. The second kappa shape index (κ2) is 6.12. The van der Waals surface area contributed by atoms with Gasteiger partial charge in [0.1, 0.15) is 6.04 Å². The third-order valence-electron chi connectivity index (χ3n) is 2.75. The average molecular weight is 271 g/mol. The van der Waals surface area contributed by atoms with Crippen molar-refractivity contribution in [1.82, 2.24) is 4.98 Å². The summed E-state index contributed by atoms with van der Waals surface area (Å²) in [6.45, 7) is 3.18. The number of hydrogen-bond acceptors (Lipinski definition) is 7. The molecule has 100 valence electrons. The van der Waals surface area contributed by atoms with Crippen molar-refractivity contribution in [3.05, 3.63) is 11.1 Å². The zero-order valence-corrected chi connectivity index (χ0v) is 11.1. The van der Waals surface area contributed by atoms with E-state index >= 15 is 0 Å². The Morgan fingerprint density at radius 3 is 3.06 bits per heavy atom. The van der Waals surface area contributed by atoms with Crippen LogP contribution in [0.1, 0.15) is 4.88 Å². The molecule has 1 saturated heterocycles. The Balaban J connectivity index is 1.95. The van der Waals surface area contributed by atoms with E-state index in [-0.39, 0.29) is 0 Å². The fourth-order valence-corrected chi connectivity index (χ4v) is 2.76. The lowest BCUT2D eigenvalue weighted by Gasteiger charge is -2.26. The first-order valence-electron chi connectivity index (χ1n) is 5.81. The van der Waals surface area contributed by atoms with Crippen LogP contribution in [0.15, 0.2) is 6.20 Å². The highest BCUT2D eigenvalue weighted by atomic mass is 32.1. The summed E-state index contributed by atoms with van der Waals surface area (Å²) in [6.07, 6.45) is 2.24. The third-order valence-corrected chi connectivity index (χ3v) is 3.83. The minimum atomic E-state index is -0.618. The van der Waals surface area contributed by atoms with Crippen LogP contribution in [0.25, 0.3) is 0 Å². The number of nitrogens with two attached hydrogens (primary N) is 1. The number of methoxy groups -OCH3 is 1. The molecule has 1 aromatic rings. The first-order valence-corrected chi connectivity index (χ1v) is 6.63. The number of carbonyl (C=O) groups excluding carboxylic acids is 1. The van der Waals surface area contributed by atoms with Crippen molar-refractivity contribution >= 4 is 22.4 Å². The molecule has 2 rings (SSSR count). The van der Waals surface area contributed by atoms with Crippen LogP contribution in [0.5, 0.6) is 0 Å². The summed E-state index contributed by atoms with van der Waals surface area (Å²) in [4.78, 5) is 18.8. The van der Waals surface area contributed by atoms with Gasteiger partial charge in [0.25, 0.3) is 0 Å². The smallest absolute Gasteiger partial charge is 0.323 e. The number of esters is 1. The lowest BCUT2D eigenvalue weighted by molar-refractivity contribution is -0.142. The summed E-state index contributed by atoms with van der Waals surface area (Å²) < 4.78 is 9.89. The molecule has 2 N–H and O–H groups in total. The van der Waals surface area contributed by atoms with Crippen LogP contribution in [0.2, 0.25) is 0 Å². The second-order valence-corrected chi connectivity index (χ2v) is 5.14. The molecule has 7 heteroatoms. The van der Waals surface area contributed by atoms with Crippen molar-refractivity contribution in [2.45, 2.75) is 12.5 Å². The monoisotopic (exact) mass is 271 g/mol. The van der Waals surface area contributed by atoms with Crippen molar-refractivity contribution in [1.29, 1.82) is 0 Å². The Morgan fingerprint density at radius 1 is 1.67 bits per heavy atom. The molecule has 2 heterocycles. The molecule has 1 aliphatic heterocycles. The molecule has 6 nitrogen and oxygen atoms in total. The third kappa shape index (κ3) is 3.18. The van der Waals surface area contributed by atoms with Crippen LogP contribution in [0, 0.1) is 0 Å². The number of carbonyl (C=O) groups is 1. The summed E-state index contributed by atoms with van der Waals surface area (Å²) >= 11 is 1.57. The van der Waals surface area contributed by atoms with Crippen LogP contribution in [-0.2, 0) is 20.7 Å². The van der Waals surface area contributed by atoms with Gasteiger partial charge in [-0.2, -0.15) is 0 Å². The second-order valence-electron chi connectivity index (χ2n) is 4.04. The van der Waals surface area contributed by atoms with Crippen LogP contribution in [0.3, 0.4) is 0 Å². The molecule has 0 aromatic carbocycles. The summed E-state index contributed by atoms with van der Waals surface area (Å²) in [5.74, 6) is -0.392. The van der Waals surface area contributed by atoms with Gasteiger partial charge < -0.3 is 20.1 Å². The molecule has 0 bridgehead atoms. The minimum absolute atomic E-state index is 0.392. The van der Waals surface area contributed by atoms with Gasteiger partial charge in [0.05, 0.1) is 20.3 Å². The standard InChI is InChI=1S/C11H17N3O3S/c1-16-10(15)9(12)6-8-7-13-11(18-8)14-2-4-17-5-3-14/h7,9H,2-6,12H2,1H3. The van der Waals surface area contributed by atoms with Crippen LogP contribution >= 0.6 is 11.3 Å². The topological polar surface area (TPSA) is 77.7 Å². The van der Waals surface area contributed by atoms with Gasteiger partial charge in [-0.15, -0.1) is 11.3 Å².